The van der Waals surface area contributed by atoms with Gasteiger partial charge in [-0.15, -0.1) is 13.2 Å². The summed E-state index contributed by atoms with van der Waals surface area (Å²) in [5.74, 6) is -2.56. The van der Waals surface area contributed by atoms with E-state index in [1.807, 2.05) is 0 Å². The minimum absolute atomic E-state index is 0.00711. The van der Waals surface area contributed by atoms with Crippen LogP contribution in [0.2, 0.25) is 0 Å². The van der Waals surface area contributed by atoms with Crippen LogP contribution >= 0.6 is 0 Å². The zero-order chi connectivity index (χ0) is 14.0. The fourth-order valence-electron chi connectivity index (χ4n) is 1.48. The zero-order valence-electron chi connectivity index (χ0n) is 9.23. The lowest BCUT2D eigenvalue weighted by atomic mass is 10.1. The maximum atomic E-state index is 12.2. The lowest BCUT2D eigenvalue weighted by molar-refractivity contribution is -0.274. The van der Waals surface area contributed by atoms with Crippen LogP contribution in [0.25, 0.3) is 11.3 Å². The number of benzene rings is 1. The van der Waals surface area contributed by atoms with E-state index in [9.17, 15) is 23.1 Å². The second kappa shape index (κ2) is 4.68. The minimum Gasteiger partial charge on any atom is -0.542 e. The molecule has 100 valence electrons. The molecule has 0 radical (unpaired) electrons. The number of halogens is 3. The molecule has 0 N–H and O–H groups in total. The first kappa shape index (κ1) is 13.0. The number of aromatic carboxylic acids is 1. The SMILES string of the molecule is O=C([O-])c1ccc(-c2ccccc2OC(F)(F)F)o1. The predicted octanol–water partition coefficient (Wildman–Crippen LogP) is 2.21. The standard InChI is InChI=1S/C12H7F3O4/c13-12(14,15)19-9-4-2-1-3-7(9)8-5-6-10(18-8)11(16)17/h1-6H,(H,16,17)/p-1. The van der Waals surface area contributed by atoms with Crippen molar-refractivity contribution in [2.24, 2.45) is 0 Å². The molecule has 7 heteroatoms. The van der Waals surface area contributed by atoms with E-state index in [1.54, 1.807) is 0 Å². The van der Waals surface area contributed by atoms with Crippen molar-refractivity contribution in [3.05, 3.63) is 42.2 Å². The molecule has 1 aromatic heterocycles. The van der Waals surface area contributed by atoms with E-state index < -0.39 is 23.8 Å². The molecule has 0 amide bonds. The Morgan fingerprint density at radius 3 is 2.42 bits per heavy atom. The first-order valence-electron chi connectivity index (χ1n) is 5.03. The average molecular weight is 271 g/mol. The summed E-state index contributed by atoms with van der Waals surface area (Å²) in [5.41, 5.74) is -0.00711. The topological polar surface area (TPSA) is 62.5 Å². The first-order chi connectivity index (χ1) is 8.87. The van der Waals surface area contributed by atoms with Crippen LogP contribution in [0, 0.1) is 0 Å². The predicted molar refractivity (Wildman–Crippen MR) is 55.2 cm³/mol. The molecule has 1 aromatic carbocycles. The number of rotatable bonds is 3. The summed E-state index contributed by atoms with van der Waals surface area (Å²) in [7, 11) is 0. The summed E-state index contributed by atoms with van der Waals surface area (Å²) < 4.78 is 45.4. The summed E-state index contributed by atoms with van der Waals surface area (Å²) >= 11 is 0. The number of hydrogen-bond acceptors (Lipinski definition) is 4. The number of hydrogen-bond donors (Lipinski definition) is 0. The van der Waals surface area contributed by atoms with Crippen molar-refractivity contribution in [1.29, 1.82) is 0 Å². The Bertz CT molecular complexity index is 601. The minimum atomic E-state index is -4.85. The van der Waals surface area contributed by atoms with Crippen LogP contribution in [0.5, 0.6) is 5.75 Å². The van der Waals surface area contributed by atoms with Gasteiger partial charge in [-0.25, -0.2) is 0 Å². The highest BCUT2D eigenvalue weighted by Crippen LogP contribution is 2.34. The molecule has 0 unspecified atom stereocenters. The van der Waals surface area contributed by atoms with Crippen molar-refractivity contribution >= 4 is 5.97 Å². The lowest BCUT2D eigenvalue weighted by Gasteiger charge is -2.11. The molecule has 2 aromatic rings. The summed E-state index contributed by atoms with van der Waals surface area (Å²) in [6, 6.07) is 7.56. The van der Waals surface area contributed by atoms with Crippen LogP contribution in [0.4, 0.5) is 13.2 Å². The molecule has 0 atom stereocenters. The van der Waals surface area contributed by atoms with E-state index in [4.69, 9.17) is 4.42 Å². The van der Waals surface area contributed by atoms with Gasteiger partial charge in [-0.1, -0.05) is 12.1 Å². The van der Waals surface area contributed by atoms with Gasteiger partial charge in [-0.05, 0) is 24.3 Å². The van der Waals surface area contributed by atoms with Gasteiger partial charge in [0.1, 0.15) is 23.2 Å². The van der Waals surface area contributed by atoms with Crippen molar-refractivity contribution in [2.75, 3.05) is 0 Å². The molecular weight excluding hydrogens is 265 g/mol. The molecular formula is C12H6F3O4-. The summed E-state index contributed by atoms with van der Waals surface area (Å²) in [6.07, 6.45) is -4.85. The largest absolute Gasteiger partial charge is 0.573 e. The Labute approximate surface area is 105 Å². The Balaban J connectivity index is 2.41. The zero-order valence-corrected chi connectivity index (χ0v) is 9.23. The Morgan fingerprint density at radius 1 is 1.16 bits per heavy atom. The highest BCUT2D eigenvalue weighted by atomic mass is 19.4. The second-order valence-corrected chi connectivity index (χ2v) is 3.50. The normalized spacial score (nSPS) is 11.3. The average Bonchev–Trinajstić information content (AvgIpc) is 2.76. The van der Waals surface area contributed by atoms with Crippen LogP contribution in [-0.4, -0.2) is 12.3 Å². The molecule has 2 rings (SSSR count). The van der Waals surface area contributed by atoms with Gasteiger partial charge in [0, 0.05) is 0 Å². The van der Waals surface area contributed by atoms with E-state index in [0.29, 0.717) is 0 Å². The number of alkyl halides is 3. The summed E-state index contributed by atoms with van der Waals surface area (Å²) in [4.78, 5) is 10.5. The van der Waals surface area contributed by atoms with Crippen LogP contribution < -0.4 is 9.84 Å². The third kappa shape index (κ3) is 3.06. The van der Waals surface area contributed by atoms with Crippen LogP contribution in [-0.2, 0) is 0 Å². The van der Waals surface area contributed by atoms with Gasteiger partial charge in [-0.3, -0.25) is 0 Å². The number of carbonyl (C=O) groups is 1. The third-order valence-electron chi connectivity index (χ3n) is 2.19. The third-order valence-corrected chi connectivity index (χ3v) is 2.19. The molecule has 0 aliphatic carbocycles. The highest BCUT2D eigenvalue weighted by molar-refractivity contribution is 5.83. The number of para-hydroxylation sites is 1. The van der Waals surface area contributed by atoms with Gasteiger partial charge in [0.2, 0.25) is 0 Å². The molecule has 4 nitrogen and oxygen atoms in total. The molecule has 0 fully saturated rings. The quantitative estimate of drug-likeness (QED) is 0.858. The van der Waals surface area contributed by atoms with Crippen LogP contribution in [0.1, 0.15) is 10.6 Å². The van der Waals surface area contributed by atoms with Crippen molar-refractivity contribution in [3.63, 3.8) is 0 Å². The highest BCUT2D eigenvalue weighted by Gasteiger charge is 2.32. The first-order valence-corrected chi connectivity index (χ1v) is 5.03. The van der Waals surface area contributed by atoms with Gasteiger partial charge in [0.05, 0.1) is 5.56 Å². The molecule has 0 saturated carbocycles. The van der Waals surface area contributed by atoms with E-state index in [-0.39, 0.29) is 11.3 Å². The maximum absolute atomic E-state index is 12.2. The van der Waals surface area contributed by atoms with Gasteiger partial charge < -0.3 is 19.1 Å². The van der Waals surface area contributed by atoms with Gasteiger partial charge in [0.25, 0.3) is 0 Å². The molecule has 1 heterocycles. The number of ether oxygens (including phenoxy) is 1. The number of furan rings is 1. The van der Waals surface area contributed by atoms with E-state index in [1.165, 1.54) is 24.3 Å². The molecule has 0 spiro atoms. The van der Waals surface area contributed by atoms with Gasteiger partial charge in [0.15, 0.2) is 0 Å². The number of carboxylic acids is 1. The van der Waals surface area contributed by atoms with Crippen LogP contribution in [0.3, 0.4) is 0 Å². The van der Waals surface area contributed by atoms with Crippen molar-refractivity contribution in [3.8, 4) is 17.1 Å². The molecule has 19 heavy (non-hydrogen) atoms. The number of carbonyl (C=O) groups excluding carboxylic acids is 1. The second-order valence-electron chi connectivity index (χ2n) is 3.50. The maximum Gasteiger partial charge on any atom is 0.573 e. The van der Waals surface area contributed by atoms with Crippen molar-refractivity contribution in [1.82, 2.24) is 0 Å². The Hall–Kier alpha value is -2.44. The van der Waals surface area contributed by atoms with Gasteiger partial charge >= 0.3 is 6.36 Å². The smallest absolute Gasteiger partial charge is 0.542 e. The van der Waals surface area contributed by atoms with E-state index >= 15 is 0 Å². The van der Waals surface area contributed by atoms with Crippen molar-refractivity contribution < 1.29 is 32.2 Å². The molecule has 0 aliphatic rings. The molecule has 0 saturated heterocycles. The fourth-order valence-corrected chi connectivity index (χ4v) is 1.48. The number of carboxylic acid groups (broad SMARTS) is 1. The van der Waals surface area contributed by atoms with Crippen LogP contribution in [0.15, 0.2) is 40.8 Å². The monoisotopic (exact) mass is 271 g/mol. The Morgan fingerprint density at radius 2 is 1.84 bits per heavy atom. The lowest BCUT2D eigenvalue weighted by Crippen LogP contribution is -2.21. The summed E-state index contributed by atoms with van der Waals surface area (Å²) in [5, 5.41) is 10.5. The van der Waals surface area contributed by atoms with Gasteiger partial charge in [-0.2, -0.15) is 0 Å². The Kier molecular flexibility index (Phi) is 3.20. The van der Waals surface area contributed by atoms with E-state index in [0.717, 1.165) is 12.1 Å². The fraction of sp³-hybridized carbons (Fsp3) is 0.0833. The summed E-state index contributed by atoms with van der Waals surface area (Å²) in [6.45, 7) is 0. The van der Waals surface area contributed by atoms with Crippen molar-refractivity contribution in [2.45, 2.75) is 6.36 Å². The van der Waals surface area contributed by atoms with E-state index in [2.05, 4.69) is 4.74 Å². The molecule has 0 aliphatic heterocycles. The molecule has 0 bridgehead atoms.